The van der Waals surface area contributed by atoms with Gasteiger partial charge in [-0.1, -0.05) is 37.3 Å². The van der Waals surface area contributed by atoms with Gasteiger partial charge in [0.05, 0.1) is 12.8 Å². The summed E-state index contributed by atoms with van der Waals surface area (Å²) >= 11 is 0. The number of nitrogens with one attached hydrogen (secondary N) is 1. The van der Waals surface area contributed by atoms with E-state index in [0.29, 0.717) is 11.7 Å². The van der Waals surface area contributed by atoms with Gasteiger partial charge in [0, 0.05) is 24.6 Å². The van der Waals surface area contributed by atoms with E-state index in [-0.39, 0.29) is 24.4 Å². The molecule has 2 amide bonds. The van der Waals surface area contributed by atoms with Gasteiger partial charge in [-0.05, 0) is 43.0 Å². The average Bonchev–Trinajstić information content (AvgIpc) is 3.38. The second kappa shape index (κ2) is 9.21. The first-order valence-corrected chi connectivity index (χ1v) is 9.53. The number of carbonyl (C=O) groups excluding carboxylic acids is 2. The highest BCUT2D eigenvalue weighted by Crippen LogP contribution is 2.33. The molecule has 1 aromatic carbocycles. The Hall–Kier alpha value is -2.82. The van der Waals surface area contributed by atoms with Crippen molar-refractivity contribution in [3.63, 3.8) is 0 Å². The van der Waals surface area contributed by atoms with Gasteiger partial charge >= 0.3 is 0 Å². The molecule has 1 aliphatic rings. The monoisotopic (exact) mass is 366 g/mol. The van der Waals surface area contributed by atoms with Crippen LogP contribution in [0, 0.1) is 0 Å². The highest BCUT2D eigenvalue weighted by Gasteiger charge is 2.34. The summed E-state index contributed by atoms with van der Waals surface area (Å²) < 4.78 is 5.14. The predicted octanol–water partition coefficient (Wildman–Crippen LogP) is 3.59. The summed E-state index contributed by atoms with van der Waals surface area (Å²) in [6.45, 7) is 2.94. The molecule has 2 unspecified atom stereocenters. The molecule has 5 heteroatoms. The van der Waals surface area contributed by atoms with Crippen molar-refractivity contribution in [2.45, 2.75) is 38.1 Å². The van der Waals surface area contributed by atoms with Gasteiger partial charge in [-0.15, -0.1) is 0 Å². The van der Waals surface area contributed by atoms with E-state index < -0.39 is 0 Å². The second-order valence-electron chi connectivity index (χ2n) is 6.79. The molecule has 1 aromatic heterocycles. The topological polar surface area (TPSA) is 62.6 Å². The zero-order valence-corrected chi connectivity index (χ0v) is 15.6. The van der Waals surface area contributed by atoms with Crippen molar-refractivity contribution in [1.29, 1.82) is 0 Å². The molecule has 142 valence electrons. The van der Waals surface area contributed by atoms with Crippen molar-refractivity contribution in [3.05, 3.63) is 66.1 Å². The summed E-state index contributed by atoms with van der Waals surface area (Å²) in [7, 11) is 0. The molecule has 0 aliphatic carbocycles. The maximum absolute atomic E-state index is 12.7. The fourth-order valence-corrected chi connectivity index (χ4v) is 3.82. The summed E-state index contributed by atoms with van der Waals surface area (Å²) in [5.74, 6) is 0.606. The molecule has 0 spiro atoms. The Balaban J connectivity index is 1.57. The van der Waals surface area contributed by atoms with E-state index in [0.717, 1.165) is 25.8 Å². The van der Waals surface area contributed by atoms with Crippen LogP contribution in [-0.2, 0) is 9.59 Å². The fraction of sp³-hybridized carbons (Fsp3) is 0.364. The Kier molecular flexibility index (Phi) is 6.47. The number of amides is 2. The number of nitrogens with zero attached hydrogens (tertiary/aromatic N) is 1. The maximum atomic E-state index is 12.7. The van der Waals surface area contributed by atoms with Crippen LogP contribution < -0.4 is 5.32 Å². The second-order valence-corrected chi connectivity index (χ2v) is 6.79. The number of hydrogen-bond donors (Lipinski definition) is 1. The van der Waals surface area contributed by atoms with E-state index >= 15 is 0 Å². The standard InChI is InChI=1S/C22H26N2O3/c1-2-19(17-8-4-3-5-9-17)20-11-6-14-24(20)22(26)16-23-21(25)13-12-18-10-7-15-27-18/h3-5,7-10,12-13,15,19-20H,2,6,11,14,16H2,1H3,(H,23,25). The largest absolute Gasteiger partial charge is 0.465 e. The summed E-state index contributed by atoms with van der Waals surface area (Å²) in [5.41, 5.74) is 1.27. The van der Waals surface area contributed by atoms with Crippen molar-refractivity contribution in [2.75, 3.05) is 13.1 Å². The summed E-state index contributed by atoms with van der Waals surface area (Å²) in [5, 5.41) is 2.68. The van der Waals surface area contributed by atoms with Gasteiger partial charge in [-0.3, -0.25) is 9.59 Å². The van der Waals surface area contributed by atoms with Crippen LogP contribution in [0.4, 0.5) is 0 Å². The van der Waals surface area contributed by atoms with E-state index in [1.807, 2.05) is 23.1 Å². The lowest BCUT2D eigenvalue weighted by Gasteiger charge is -2.31. The Bertz CT molecular complexity index is 768. The smallest absolute Gasteiger partial charge is 0.244 e. The van der Waals surface area contributed by atoms with Crippen LogP contribution in [0.25, 0.3) is 6.08 Å². The minimum Gasteiger partial charge on any atom is -0.465 e. The van der Waals surface area contributed by atoms with Gasteiger partial charge < -0.3 is 14.6 Å². The lowest BCUT2D eigenvalue weighted by Crippen LogP contribution is -2.44. The van der Waals surface area contributed by atoms with Gasteiger partial charge in [0.2, 0.25) is 11.8 Å². The van der Waals surface area contributed by atoms with Crippen LogP contribution in [-0.4, -0.2) is 35.8 Å². The van der Waals surface area contributed by atoms with Gasteiger partial charge in [-0.25, -0.2) is 0 Å². The first-order valence-electron chi connectivity index (χ1n) is 9.53. The van der Waals surface area contributed by atoms with Gasteiger partial charge in [-0.2, -0.15) is 0 Å². The quantitative estimate of drug-likeness (QED) is 0.762. The molecule has 1 N–H and O–H groups in total. The molecule has 5 nitrogen and oxygen atoms in total. The maximum Gasteiger partial charge on any atom is 0.244 e. The predicted molar refractivity (Wildman–Crippen MR) is 105 cm³/mol. The van der Waals surface area contributed by atoms with Crippen LogP contribution in [0.1, 0.15) is 43.4 Å². The summed E-state index contributed by atoms with van der Waals surface area (Å²) in [6.07, 6.45) is 7.51. The van der Waals surface area contributed by atoms with Crippen LogP contribution in [0.2, 0.25) is 0 Å². The number of carbonyl (C=O) groups is 2. The van der Waals surface area contributed by atoms with E-state index in [1.54, 1.807) is 24.5 Å². The summed E-state index contributed by atoms with van der Waals surface area (Å²) in [6, 6.07) is 14.1. The van der Waals surface area contributed by atoms with Gasteiger partial charge in [0.15, 0.2) is 0 Å². The number of benzene rings is 1. The molecule has 27 heavy (non-hydrogen) atoms. The van der Waals surface area contributed by atoms with Crippen molar-refractivity contribution >= 4 is 17.9 Å². The molecule has 0 radical (unpaired) electrons. The third-order valence-electron chi connectivity index (χ3n) is 5.11. The molecule has 2 atom stereocenters. The SMILES string of the molecule is CCC(c1ccccc1)C1CCCN1C(=O)CNC(=O)C=Cc1ccco1. The summed E-state index contributed by atoms with van der Waals surface area (Å²) in [4.78, 5) is 26.6. The van der Waals surface area contributed by atoms with E-state index in [2.05, 4.69) is 24.4 Å². The third-order valence-corrected chi connectivity index (χ3v) is 5.11. The van der Waals surface area contributed by atoms with Crippen LogP contribution >= 0.6 is 0 Å². The average molecular weight is 366 g/mol. The normalized spacial score (nSPS) is 18.0. The molecule has 0 bridgehead atoms. The van der Waals surface area contributed by atoms with Crippen LogP contribution in [0.15, 0.2) is 59.2 Å². The Labute approximate surface area is 160 Å². The Morgan fingerprint density at radius 3 is 2.78 bits per heavy atom. The number of furan rings is 1. The molecule has 1 saturated heterocycles. The number of rotatable bonds is 7. The zero-order chi connectivity index (χ0) is 19.1. The van der Waals surface area contributed by atoms with Crippen molar-refractivity contribution in [3.8, 4) is 0 Å². The first kappa shape index (κ1) is 19.0. The molecular formula is C22H26N2O3. The Morgan fingerprint density at radius 2 is 2.07 bits per heavy atom. The molecule has 1 aliphatic heterocycles. The Morgan fingerprint density at radius 1 is 1.26 bits per heavy atom. The van der Waals surface area contributed by atoms with E-state index in [4.69, 9.17) is 4.42 Å². The lowest BCUT2D eigenvalue weighted by atomic mass is 9.87. The van der Waals surface area contributed by atoms with Crippen molar-refractivity contribution in [1.82, 2.24) is 10.2 Å². The van der Waals surface area contributed by atoms with Crippen molar-refractivity contribution < 1.29 is 14.0 Å². The molecular weight excluding hydrogens is 340 g/mol. The third kappa shape index (κ3) is 4.88. The minimum absolute atomic E-state index is 0.0169. The number of hydrogen-bond acceptors (Lipinski definition) is 3. The van der Waals surface area contributed by atoms with E-state index in [9.17, 15) is 9.59 Å². The van der Waals surface area contributed by atoms with Gasteiger partial charge in [0.1, 0.15) is 5.76 Å². The highest BCUT2D eigenvalue weighted by atomic mass is 16.3. The minimum atomic E-state index is -0.300. The lowest BCUT2D eigenvalue weighted by molar-refractivity contribution is -0.133. The zero-order valence-electron chi connectivity index (χ0n) is 15.6. The van der Waals surface area contributed by atoms with Crippen LogP contribution in [0.5, 0.6) is 0 Å². The molecule has 3 rings (SSSR count). The molecule has 2 heterocycles. The highest BCUT2D eigenvalue weighted by molar-refractivity contribution is 5.94. The van der Waals surface area contributed by atoms with Crippen LogP contribution in [0.3, 0.4) is 0 Å². The molecule has 2 aromatic rings. The van der Waals surface area contributed by atoms with E-state index in [1.165, 1.54) is 11.6 Å². The van der Waals surface area contributed by atoms with Crippen molar-refractivity contribution in [2.24, 2.45) is 0 Å². The molecule has 0 saturated carbocycles. The molecule has 1 fully saturated rings. The number of likely N-dealkylation sites (tertiary alicyclic amines) is 1. The van der Waals surface area contributed by atoms with Gasteiger partial charge in [0.25, 0.3) is 0 Å². The fourth-order valence-electron chi connectivity index (χ4n) is 3.82. The first-order chi connectivity index (χ1) is 13.2.